The van der Waals surface area contributed by atoms with Crippen LogP contribution in [0.4, 0.5) is 5.69 Å². The van der Waals surface area contributed by atoms with Crippen LogP contribution in [-0.4, -0.2) is 50.3 Å². The maximum Gasteiger partial charge on any atom is 0.264 e. The van der Waals surface area contributed by atoms with Gasteiger partial charge < -0.3 is 10.2 Å². The highest BCUT2D eigenvalue weighted by molar-refractivity contribution is 7.92. The predicted octanol–water partition coefficient (Wildman–Crippen LogP) is 6.49. The van der Waals surface area contributed by atoms with E-state index in [0.717, 1.165) is 42.0 Å². The second kappa shape index (κ2) is 14.9. The molecule has 0 saturated heterocycles. The first kappa shape index (κ1) is 31.9. The molecule has 0 radical (unpaired) electrons. The molecule has 7 nitrogen and oxygen atoms in total. The number of benzene rings is 3. The smallest absolute Gasteiger partial charge is 0.264 e. The van der Waals surface area contributed by atoms with Crippen LogP contribution in [0.25, 0.3) is 0 Å². The Morgan fingerprint density at radius 1 is 0.929 bits per heavy atom. The summed E-state index contributed by atoms with van der Waals surface area (Å²) in [4.78, 5) is 29.3. The van der Waals surface area contributed by atoms with E-state index >= 15 is 0 Å². The van der Waals surface area contributed by atoms with E-state index < -0.39 is 28.5 Å². The minimum atomic E-state index is -4.22. The van der Waals surface area contributed by atoms with Gasteiger partial charge in [-0.3, -0.25) is 13.9 Å². The van der Waals surface area contributed by atoms with E-state index in [1.165, 1.54) is 29.2 Å². The summed E-state index contributed by atoms with van der Waals surface area (Å²) >= 11 is 12.7. The molecule has 3 aromatic rings. The average molecular weight is 631 g/mol. The van der Waals surface area contributed by atoms with E-state index in [0.29, 0.717) is 12.8 Å². The van der Waals surface area contributed by atoms with Gasteiger partial charge in [-0.1, -0.05) is 97.9 Å². The first-order valence-corrected chi connectivity index (χ1v) is 16.6. The number of rotatable bonds is 12. The van der Waals surface area contributed by atoms with Gasteiger partial charge in [0.2, 0.25) is 11.8 Å². The van der Waals surface area contributed by atoms with Crippen molar-refractivity contribution in [3.8, 4) is 0 Å². The second-order valence-corrected chi connectivity index (χ2v) is 13.2. The van der Waals surface area contributed by atoms with Crippen molar-refractivity contribution in [1.29, 1.82) is 0 Å². The summed E-state index contributed by atoms with van der Waals surface area (Å²) in [6.45, 7) is 1.54. The molecule has 0 unspecified atom stereocenters. The van der Waals surface area contributed by atoms with Crippen LogP contribution in [0.5, 0.6) is 0 Å². The topological polar surface area (TPSA) is 86.8 Å². The summed E-state index contributed by atoms with van der Waals surface area (Å²) in [7, 11) is -4.22. The number of carbonyl (C=O) groups excluding carboxylic acids is 2. The van der Waals surface area contributed by atoms with Gasteiger partial charge in [0.15, 0.2) is 0 Å². The van der Waals surface area contributed by atoms with Gasteiger partial charge in [-0.05, 0) is 61.6 Å². The molecule has 0 aliphatic heterocycles. The van der Waals surface area contributed by atoms with Gasteiger partial charge in [0.25, 0.3) is 10.0 Å². The first-order chi connectivity index (χ1) is 20.2. The SMILES string of the molecule is CC[C@H](C(=O)NC1CCCCC1)N(CCc1ccccc1)C(=O)CN(c1cc(Cl)ccc1Cl)S(=O)(=O)c1ccccc1. The molecule has 1 aliphatic rings. The molecule has 0 bridgehead atoms. The van der Waals surface area contributed by atoms with Crippen LogP contribution in [0, 0.1) is 0 Å². The van der Waals surface area contributed by atoms with Crippen LogP contribution in [0.1, 0.15) is 51.0 Å². The molecule has 0 aromatic heterocycles. The first-order valence-electron chi connectivity index (χ1n) is 14.4. The number of carbonyl (C=O) groups is 2. The summed E-state index contributed by atoms with van der Waals surface area (Å²) in [5.74, 6) is -0.726. The lowest BCUT2D eigenvalue weighted by atomic mass is 9.95. The minimum Gasteiger partial charge on any atom is -0.352 e. The van der Waals surface area contributed by atoms with E-state index in [9.17, 15) is 18.0 Å². The standard InChI is InChI=1S/C32H37Cl2N3O4S/c1-2-29(32(39)35-26-14-8-4-9-15-26)36(21-20-24-12-6-3-7-13-24)31(38)23-37(30-22-25(33)18-19-28(30)34)42(40,41)27-16-10-5-11-17-27/h3,5-7,10-13,16-19,22,26,29H,2,4,8-9,14-15,20-21,23H2,1H3,(H,35,39)/t29-/m1/s1. The highest BCUT2D eigenvalue weighted by Gasteiger charge is 2.35. The Kier molecular flexibility index (Phi) is 11.3. The zero-order chi connectivity index (χ0) is 30.1. The van der Waals surface area contributed by atoms with Crippen molar-refractivity contribution in [2.75, 3.05) is 17.4 Å². The molecule has 1 saturated carbocycles. The summed E-state index contributed by atoms with van der Waals surface area (Å²) in [5.41, 5.74) is 1.09. The van der Waals surface area contributed by atoms with E-state index in [-0.39, 0.29) is 39.1 Å². The molecule has 10 heteroatoms. The molecule has 1 N–H and O–H groups in total. The second-order valence-electron chi connectivity index (χ2n) is 10.5. The molecule has 0 heterocycles. The third kappa shape index (κ3) is 8.06. The van der Waals surface area contributed by atoms with Crippen molar-refractivity contribution in [2.24, 2.45) is 0 Å². The lowest BCUT2D eigenvalue weighted by molar-refractivity contribution is -0.140. The maximum absolute atomic E-state index is 14.2. The van der Waals surface area contributed by atoms with Gasteiger partial charge in [-0.25, -0.2) is 8.42 Å². The molecule has 42 heavy (non-hydrogen) atoms. The van der Waals surface area contributed by atoms with Crippen molar-refractivity contribution in [2.45, 2.75) is 68.8 Å². The Morgan fingerprint density at radius 2 is 1.57 bits per heavy atom. The lowest BCUT2D eigenvalue weighted by Gasteiger charge is -2.34. The molecule has 1 fully saturated rings. The highest BCUT2D eigenvalue weighted by atomic mass is 35.5. The van der Waals surface area contributed by atoms with Crippen LogP contribution in [0.2, 0.25) is 10.0 Å². The average Bonchev–Trinajstić information content (AvgIpc) is 3.00. The molecule has 3 aromatic carbocycles. The zero-order valence-corrected chi connectivity index (χ0v) is 26.0. The van der Waals surface area contributed by atoms with Crippen molar-refractivity contribution in [3.05, 3.63) is 94.5 Å². The normalized spacial score (nSPS) is 14.6. The molecule has 2 amide bonds. The Balaban J connectivity index is 1.69. The predicted molar refractivity (Wildman–Crippen MR) is 168 cm³/mol. The minimum absolute atomic E-state index is 0.00626. The Bertz CT molecular complexity index is 1450. The molecule has 1 aliphatic carbocycles. The maximum atomic E-state index is 14.2. The number of nitrogens with one attached hydrogen (secondary N) is 1. The fraction of sp³-hybridized carbons (Fsp3) is 0.375. The van der Waals surface area contributed by atoms with Crippen molar-refractivity contribution >= 4 is 50.7 Å². The highest BCUT2D eigenvalue weighted by Crippen LogP contribution is 2.33. The number of amides is 2. The Labute approximate surface area is 258 Å². The number of hydrogen-bond donors (Lipinski definition) is 1. The van der Waals surface area contributed by atoms with Gasteiger partial charge >= 0.3 is 0 Å². The van der Waals surface area contributed by atoms with Crippen LogP contribution in [-0.2, 0) is 26.0 Å². The number of nitrogens with zero attached hydrogens (tertiary/aromatic N) is 2. The van der Waals surface area contributed by atoms with Crippen molar-refractivity contribution in [3.63, 3.8) is 0 Å². The van der Waals surface area contributed by atoms with Gasteiger partial charge in [0, 0.05) is 17.6 Å². The summed E-state index contributed by atoms with van der Waals surface area (Å²) in [5, 5.41) is 3.56. The van der Waals surface area contributed by atoms with Gasteiger partial charge in [0.05, 0.1) is 15.6 Å². The Morgan fingerprint density at radius 3 is 2.21 bits per heavy atom. The van der Waals surface area contributed by atoms with Gasteiger partial charge in [-0.2, -0.15) is 0 Å². The molecule has 1 atom stereocenters. The molecule has 4 rings (SSSR count). The molecular formula is C32H37Cl2N3O4S. The summed E-state index contributed by atoms with van der Waals surface area (Å²) < 4.78 is 28.9. The lowest BCUT2D eigenvalue weighted by Crippen LogP contribution is -2.54. The fourth-order valence-electron chi connectivity index (χ4n) is 5.35. The third-order valence-electron chi connectivity index (χ3n) is 7.61. The monoisotopic (exact) mass is 629 g/mol. The quantitative estimate of drug-likeness (QED) is 0.248. The van der Waals surface area contributed by atoms with Crippen molar-refractivity contribution in [1.82, 2.24) is 10.2 Å². The number of hydrogen-bond acceptors (Lipinski definition) is 4. The molecule has 224 valence electrons. The van der Waals surface area contributed by atoms with Crippen molar-refractivity contribution < 1.29 is 18.0 Å². The van der Waals surface area contributed by atoms with Crippen LogP contribution in [0.3, 0.4) is 0 Å². The van der Waals surface area contributed by atoms with Crippen LogP contribution < -0.4 is 9.62 Å². The molecule has 0 spiro atoms. The van der Waals surface area contributed by atoms with Gasteiger partial charge in [0.1, 0.15) is 12.6 Å². The molecular weight excluding hydrogens is 593 g/mol. The summed E-state index contributed by atoms with van der Waals surface area (Å²) in [6.07, 6.45) is 5.98. The zero-order valence-electron chi connectivity index (χ0n) is 23.7. The third-order valence-corrected chi connectivity index (χ3v) is 9.94. The van der Waals surface area contributed by atoms with Gasteiger partial charge in [-0.15, -0.1) is 0 Å². The number of halogens is 2. The number of anilines is 1. The van der Waals surface area contributed by atoms with Crippen LogP contribution >= 0.6 is 23.2 Å². The van der Waals surface area contributed by atoms with E-state index in [4.69, 9.17) is 23.2 Å². The van der Waals surface area contributed by atoms with E-state index in [1.54, 1.807) is 24.3 Å². The van der Waals surface area contributed by atoms with E-state index in [2.05, 4.69) is 5.32 Å². The Hall–Kier alpha value is -3.07. The fourth-order valence-corrected chi connectivity index (χ4v) is 7.23. The van der Waals surface area contributed by atoms with E-state index in [1.807, 2.05) is 37.3 Å². The number of sulfonamides is 1. The van der Waals surface area contributed by atoms with Crippen LogP contribution in [0.15, 0.2) is 83.8 Å². The summed E-state index contributed by atoms with van der Waals surface area (Å²) in [6, 6.07) is 21.3. The largest absolute Gasteiger partial charge is 0.352 e.